The highest BCUT2D eigenvalue weighted by Gasteiger charge is 2.41. The Bertz CT molecular complexity index is 189. The van der Waals surface area contributed by atoms with Gasteiger partial charge in [0.05, 0.1) is 0 Å². The summed E-state index contributed by atoms with van der Waals surface area (Å²) < 4.78 is 34.1. The minimum atomic E-state index is -5.08. The SMILES string of the molecule is CCC(=O)NOC(=O)C(F)(F)F. The van der Waals surface area contributed by atoms with Crippen molar-refractivity contribution in [1.29, 1.82) is 0 Å². The van der Waals surface area contributed by atoms with E-state index in [1.165, 1.54) is 12.4 Å². The van der Waals surface area contributed by atoms with Gasteiger partial charge in [-0.25, -0.2) is 4.79 Å². The molecule has 0 atom stereocenters. The fraction of sp³-hybridized carbons (Fsp3) is 0.600. The third-order valence-corrected chi connectivity index (χ3v) is 0.810. The third kappa shape index (κ3) is 3.79. The van der Waals surface area contributed by atoms with E-state index in [0.717, 1.165) is 0 Å². The number of alkyl halides is 3. The van der Waals surface area contributed by atoms with Crippen molar-refractivity contribution in [2.45, 2.75) is 19.5 Å². The van der Waals surface area contributed by atoms with Crippen molar-refractivity contribution in [3.8, 4) is 0 Å². The van der Waals surface area contributed by atoms with E-state index in [2.05, 4.69) is 4.84 Å². The molecule has 0 unspecified atom stereocenters. The predicted molar refractivity (Wildman–Crippen MR) is 30.6 cm³/mol. The maximum atomic E-state index is 11.4. The highest BCUT2D eigenvalue weighted by molar-refractivity contribution is 5.79. The molecular formula is C5H6F3NO3. The van der Waals surface area contributed by atoms with Gasteiger partial charge in [-0.2, -0.15) is 18.7 Å². The zero-order valence-electron chi connectivity index (χ0n) is 6.07. The molecule has 0 aliphatic heterocycles. The molecule has 0 saturated heterocycles. The van der Waals surface area contributed by atoms with Gasteiger partial charge < -0.3 is 4.84 Å². The van der Waals surface area contributed by atoms with Gasteiger partial charge in [0.1, 0.15) is 0 Å². The monoisotopic (exact) mass is 185 g/mol. The van der Waals surface area contributed by atoms with Crippen LogP contribution in [-0.4, -0.2) is 18.1 Å². The fourth-order valence-electron chi connectivity index (χ4n) is 0.233. The van der Waals surface area contributed by atoms with Crippen LogP contribution in [0.25, 0.3) is 0 Å². The minimum absolute atomic E-state index is 0.0643. The Morgan fingerprint density at radius 3 is 2.25 bits per heavy atom. The van der Waals surface area contributed by atoms with Gasteiger partial charge >= 0.3 is 12.1 Å². The topological polar surface area (TPSA) is 55.4 Å². The van der Waals surface area contributed by atoms with Gasteiger partial charge in [0.2, 0.25) is 0 Å². The van der Waals surface area contributed by atoms with Crippen molar-refractivity contribution in [2.24, 2.45) is 0 Å². The average molecular weight is 185 g/mol. The van der Waals surface area contributed by atoms with E-state index in [0.29, 0.717) is 0 Å². The average Bonchev–Trinajstić information content (AvgIpc) is 1.97. The lowest BCUT2D eigenvalue weighted by molar-refractivity contribution is -0.207. The van der Waals surface area contributed by atoms with E-state index < -0.39 is 18.1 Å². The maximum Gasteiger partial charge on any atom is 0.493 e. The molecule has 0 aliphatic rings. The number of amides is 1. The van der Waals surface area contributed by atoms with Crippen molar-refractivity contribution in [3.05, 3.63) is 0 Å². The van der Waals surface area contributed by atoms with Gasteiger partial charge in [-0.3, -0.25) is 4.79 Å². The van der Waals surface area contributed by atoms with E-state index in [1.807, 2.05) is 0 Å². The molecule has 0 aromatic rings. The predicted octanol–water partition coefficient (Wildman–Crippen LogP) is 0.533. The molecule has 0 aromatic carbocycles. The van der Waals surface area contributed by atoms with Crippen LogP contribution in [-0.2, 0) is 14.4 Å². The Morgan fingerprint density at radius 1 is 1.42 bits per heavy atom. The molecule has 7 heteroatoms. The first kappa shape index (κ1) is 10.7. The molecule has 1 N–H and O–H groups in total. The smallest absolute Gasteiger partial charge is 0.332 e. The minimum Gasteiger partial charge on any atom is -0.332 e. The van der Waals surface area contributed by atoms with Crippen LogP contribution < -0.4 is 5.48 Å². The Morgan fingerprint density at radius 2 is 1.92 bits per heavy atom. The lowest BCUT2D eigenvalue weighted by Gasteiger charge is -2.05. The normalized spacial score (nSPS) is 10.7. The second kappa shape index (κ2) is 3.93. The molecule has 0 spiro atoms. The first-order valence-electron chi connectivity index (χ1n) is 2.94. The molecule has 0 radical (unpaired) electrons. The van der Waals surface area contributed by atoms with Gasteiger partial charge in [-0.15, -0.1) is 0 Å². The van der Waals surface area contributed by atoms with Gasteiger partial charge in [-0.1, -0.05) is 6.92 Å². The highest BCUT2D eigenvalue weighted by atomic mass is 19.4. The van der Waals surface area contributed by atoms with E-state index in [-0.39, 0.29) is 6.42 Å². The number of carbonyl (C=O) groups is 2. The van der Waals surface area contributed by atoms with Crippen LogP contribution >= 0.6 is 0 Å². The van der Waals surface area contributed by atoms with Crippen molar-refractivity contribution < 1.29 is 27.6 Å². The molecule has 1 amide bonds. The van der Waals surface area contributed by atoms with Crippen molar-refractivity contribution in [1.82, 2.24) is 5.48 Å². The molecule has 0 fully saturated rings. The van der Waals surface area contributed by atoms with Gasteiger partial charge in [-0.05, 0) is 0 Å². The first-order chi connectivity index (χ1) is 5.38. The Hall–Kier alpha value is -1.27. The zero-order valence-corrected chi connectivity index (χ0v) is 6.07. The van der Waals surface area contributed by atoms with Crippen molar-refractivity contribution in [3.63, 3.8) is 0 Å². The van der Waals surface area contributed by atoms with Crippen LogP contribution in [0.5, 0.6) is 0 Å². The maximum absolute atomic E-state index is 11.4. The summed E-state index contributed by atoms with van der Waals surface area (Å²) in [5.41, 5.74) is 1.33. The molecule has 70 valence electrons. The molecule has 0 aromatic heterocycles. The molecule has 12 heavy (non-hydrogen) atoms. The lowest BCUT2D eigenvalue weighted by atomic mass is 10.5. The highest BCUT2D eigenvalue weighted by Crippen LogP contribution is 2.15. The third-order valence-electron chi connectivity index (χ3n) is 0.810. The Kier molecular flexibility index (Phi) is 3.52. The summed E-state index contributed by atoms with van der Waals surface area (Å²) in [5, 5.41) is 0. The first-order valence-corrected chi connectivity index (χ1v) is 2.94. The van der Waals surface area contributed by atoms with E-state index in [9.17, 15) is 22.8 Å². The molecule has 0 rings (SSSR count). The van der Waals surface area contributed by atoms with Crippen molar-refractivity contribution in [2.75, 3.05) is 0 Å². The van der Waals surface area contributed by atoms with Gasteiger partial charge in [0, 0.05) is 6.42 Å². The van der Waals surface area contributed by atoms with E-state index >= 15 is 0 Å². The van der Waals surface area contributed by atoms with Crippen LogP contribution in [0.4, 0.5) is 13.2 Å². The number of hydrogen-bond donors (Lipinski definition) is 1. The molecule has 0 saturated carbocycles. The number of nitrogens with one attached hydrogen (secondary N) is 1. The Labute approximate surface area is 65.6 Å². The van der Waals surface area contributed by atoms with Crippen LogP contribution in [0.15, 0.2) is 0 Å². The summed E-state index contributed by atoms with van der Waals surface area (Å²) in [7, 11) is 0. The summed E-state index contributed by atoms with van der Waals surface area (Å²) in [6, 6.07) is 0. The second-order valence-corrected chi connectivity index (χ2v) is 1.77. The molecule has 0 bridgehead atoms. The van der Waals surface area contributed by atoms with Crippen molar-refractivity contribution >= 4 is 11.9 Å². The standard InChI is InChI=1S/C5H6F3NO3/c1-2-3(10)9-12-4(11)5(6,7)8/h2H2,1H3,(H,9,10). The second-order valence-electron chi connectivity index (χ2n) is 1.77. The molecular weight excluding hydrogens is 179 g/mol. The van der Waals surface area contributed by atoms with E-state index in [4.69, 9.17) is 0 Å². The van der Waals surface area contributed by atoms with Crippen LogP contribution in [0, 0.1) is 0 Å². The number of carbonyl (C=O) groups excluding carboxylic acids is 2. The van der Waals surface area contributed by atoms with Crippen LogP contribution in [0.1, 0.15) is 13.3 Å². The van der Waals surface area contributed by atoms with E-state index in [1.54, 1.807) is 0 Å². The summed E-state index contributed by atoms with van der Waals surface area (Å²) in [6.07, 6.45) is -5.15. The number of rotatable bonds is 1. The summed E-state index contributed by atoms with van der Waals surface area (Å²) >= 11 is 0. The summed E-state index contributed by atoms with van der Waals surface area (Å²) in [6.45, 7) is 1.40. The van der Waals surface area contributed by atoms with Gasteiger partial charge in [0.15, 0.2) is 0 Å². The fourth-order valence-corrected chi connectivity index (χ4v) is 0.233. The summed E-state index contributed by atoms with van der Waals surface area (Å²) in [5.74, 6) is -3.24. The summed E-state index contributed by atoms with van der Waals surface area (Å²) in [4.78, 5) is 23.6. The zero-order chi connectivity index (χ0) is 9.78. The quantitative estimate of drug-likeness (QED) is 0.606. The number of hydrogen-bond acceptors (Lipinski definition) is 3. The number of halogens is 3. The number of hydroxylamine groups is 1. The van der Waals surface area contributed by atoms with Crippen LogP contribution in [0.3, 0.4) is 0 Å². The molecule has 0 aliphatic carbocycles. The largest absolute Gasteiger partial charge is 0.493 e. The molecule has 0 heterocycles. The Balaban J connectivity index is 3.81. The van der Waals surface area contributed by atoms with Gasteiger partial charge in [0.25, 0.3) is 5.91 Å². The molecule has 4 nitrogen and oxygen atoms in total. The lowest BCUT2D eigenvalue weighted by Crippen LogP contribution is -2.34. The van der Waals surface area contributed by atoms with Crippen LogP contribution in [0.2, 0.25) is 0 Å².